The van der Waals surface area contributed by atoms with Gasteiger partial charge >= 0.3 is 0 Å². The van der Waals surface area contributed by atoms with Crippen LogP contribution in [-0.2, 0) is 0 Å². The van der Waals surface area contributed by atoms with Gasteiger partial charge in [-0.3, -0.25) is 9.40 Å². The van der Waals surface area contributed by atoms with Gasteiger partial charge in [0.15, 0.2) is 0 Å². The molecule has 0 aliphatic carbocycles. The van der Waals surface area contributed by atoms with Gasteiger partial charge in [-0.25, -0.2) is 0 Å². The van der Waals surface area contributed by atoms with Crippen molar-refractivity contribution in [2.45, 2.75) is 0 Å². The number of aromatic nitrogens is 1. The molecule has 0 saturated heterocycles. The SMILES string of the molecule is ClN1CC=Cc2ccc3ncccc3c21. The first-order valence-corrected chi connectivity index (χ1v) is 5.18. The topological polar surface area (TPSA) is 16.1 Å². The summed E-state index contributed by atoms with van der Waals surface area (Å²) in [5, 5.41) is 1.11. The minimum atomic E-state index is 0.739. The van der Waals surface area contributed by atoms with E-state index in [1.54, 1.807) is 10.6 Å². The predicted molar refractivity (Wildman–Crippen MR) is 64.0 cm³/mol. The van der Waals surface area contributed by atoms with E-state index in [4.69, 9.17) is 11.8 Å². The summed E-state index contributed by atoms with van der Waals surface area (Å²) in [7, 11) is 0. The van der Waals surface area contributed by atoms with E-state index in [-0.39, 0.29) is 0 Å². The Morgan fingerprint density at radius 1 is 1.27 bits per heavy atom. The fraction of sp³-hybridized carbons (Fsp3) is 0.0833. The van der Waals surface area contributed by atoms with Crippen molar-refractivity contribution in [3.63, 3.8) is 0 Å². The molecule has 1 aromatic heterocycles. The van der Waals surface area contributed by atoms with Gasteiger partial charge in [0.25, 0.3) is 0 Å². The van der Waals surface area contributed by atoms with Crippen LogP contribution in [-0.4, -0.2) is 11.5 Å². The summed E-state index contributed by atoms with van der Waals surface area (Å²) in [4.78, 5) is 4.31. The lowest BCUT2D eigenvalue weighted by atomic mass is 10.0. The van der Waals surface area contributed by atoms with E-state index in [2.05, 4.69) is 29.3 Å². The number of benzene rings is 1. The summed E-state index contributed by atoms with van der Waals surface area (Å²) in [6, 6.07) is 8.06. The normalized spacial score (nSPS) is 14.3. The third-order valence-electron chi connectivity index (χ3n) is 2.59. The molecular formula is C12H9ClN2. The van der Waals surface area contributed by atoms with Gasteiger partial charge in [0.05, 0.1) is 17.7 Å². The van der Waals surface area contributed by atoms with Gasteiger partial charge in [-0.2, -0.15) is 0 Å². The molecule has 0 bridgehead atoms. The van der Waals surface area contributed by atoms with Gasteiger partial charge < -0.3 is 0 Å². The zero-order valence-corrected chi connectivity index (χ0v) is 8.78. The average molecular weight is 217 g/mol. The highest BCUT2D eigenvalue weighted by atomic mass is 35.5. The van der Waals surface area contributed by atoms with Crippen LogP contribution in [0, 0.1) is 0 Å². The third-order valence-corrected chi connectivity index (χ3v) is 2.90. The van der Waals surface area contributed by atoms with Gasteiger partial charge in [0.2, 0.25) is 0 Å². The smallest absolute Gasteiger partial charge is 0.0723 e. The number of nitrogens with zero attached hydrogens (tertiary/aromatic N) is 2. The van der Waals surface area contributed by atoms with Crippen molar-refractivity contribution in [2.24, 2.45) is 0 Å². The van der Waals surface area contributed by atoms with Crippen molar-refractivity contribution in [1.82, 2.24) is 4.98 Å². The molecule has 1 aliphatic heterocycles. The zero-order chi connectivity index (χ0) is 10.3. The molecule has 0 unspecified atom stereocenters. The molecule has 0 saturated carbocycles. The van der Waals surface area contributed by atoms with Crippen LogP contribution in [0.2, 0.25) is 0 Å². The van der Waals surface area contributed by atoms with E-state index in [1.807, 2.05) is 12.1 Å². The molecule has 2 aromatic rings. The Hall–Kier alpha value is -1.54. The molecule has 74 valence electrons. The van der Waals surface area contributed by atoms with Crippen molar-refractivity contribution < 1.29 is 0 Å². The number of rotatable bonds is 0. The molecular weight excluding hydrogens is 208 g/mol. The number of fused-ring (bicyclic) bond motifs is 3. The second kappa shape index (κ2) is 3.24. The molecule has 15 heavy (non-hydrogen) atoms. The molecule has 3 heteroatoms. The van der Waals surface area contributed by atoms with Gasteiger partial charge in [-0.1, -0.05) is 18.2 Å². The summed E-state index contributed by atoms with van der Waals surface area (Å²) in [6.45, 7) is 0.739. The number of halogens is 1. The van der Waals surface area contributed by atoms with Crippen LogP contribution in [0.25, 0.3) is 17.0 Å². The van der Waals surface area contributed by atoms with Crippen molar-refractivity contribution >= 4 is 34.4 Å². The Morgan fingerprint density at radius 2 is 2.20 bits per heavy atom. The molecule has 0 radical (unpaired) electrons. The molecule has 0 spiro atoms. The molecule has 0 atom stereocenters. The van der Waals surface area contributed by atoms with Crippen molar-refractivity contribution in [1.29, 1.82) is 0 Å². The second-order valence-electron chi connectivity index (χ2n) is 3.52. The molecule has 3 rings (SSSR count). The van der Waals surface area contributed by atoms with Crippen LogP contribution in [0.3, 0.4) is 0 Å². The van der Waals surface area contributed by atoms with Crippen molar-refractivity contribution in [3.05, 3.63) is 42.1 Å². The number of hydrogen-bond acceptors (Lipinski definition) is 2. The fourth-order valence-corrected chi connectivity index (χ4v) is 2.19. The molecule has 2 nitrogen and oxygen atoms in total. The molecule has 1 aromatic carbocycles. The summed E-state index contributed by atoms with van der Waals surface area (Å²) < 4.78 is 1.74. The highest BCUT2D eigenvalue weighted by Crippen LogP contribution is 2.34. The third kappa shape index (κ3) is 1.29. The van der Waals surface area contributed by atoms with E-state index in [0.717, 1.165) is 28.7 Å². The van der Waals surface area contributed by atoms with E-state index in [9.17, 15) is 0 Å². The first kappa shape index (κ1) is 8.74. The maximum absolute atomic E-state index is 6.18. The first-order chi connectivity index (χ1) is 7.36. The molecule has 1 aliphatic rings. The van der Waals surface area contributed by atoms with Crippen LogP contribution in [0.5, 0.6) is 0 Å². The summed E-state index contributed by atoms with van der Waals surface area (Å²) >= 11 is 6.18. The predicted octanol–water partition coefficient (Wildman–Crippen LogP) is 3.22. The first-order valence-electron chi connectivity index (χ1n) is 4.84. The minimum absolute atomic E-state index is 0.739. The monoisotopic (exact) mass is 216 g/mol. The van der Waals surface area contributed by atoms with Crippen LogP contribution in [0.15, 0.2) is 36.5 Å². The summed E-state index contributed by atoms with van der Waals surface area (Å²) in [5.41, 5.74) is 3.19. The molecule has 0 N–H and O–H groups in total. The van der Waals surface area contributed by atoms with Crippen LogP contribution < -0.4 is 4.42 Å². The summed E-state index contributed by atoms with van der Waals surface area (Å²) in [6.07, 6.45) is 5.95. The quantitative estimate of drug-likeness (QED) is 0.629. The Kier molecular flexibility index (Phi) is 1.89. The average Bonchev–Trinajstić information content (AvgIpc) is 2.29. The molecule has 0 amide bonds. The lowest BCUT2D eigenvalue weighted by Gasteiger charge is -2.22. The van der Waals surface area contributed by atoms with E-state index < -0.39 is 0 Å². The number of pyridine rings is 1. The highest BCUT2D eigenvalue weighted by Gasteiger charge is 2.14. The largest absolute Gasteiger partial charge is 0.280 e. The zero-order valence-electron chi connectivity index (χ0n) is 8.02. The summed E-state index contributed by atoms with van der Waals surface area (Å²) in [5.74, 6) is 0. The molecule has 0 fully saturated rings. The van der Waals surface area contributed by atoms with E-state index in [1.165, 1.54) is 0 Å². The van der Waals surface area contributed by atoms with E-state index >= 15 is 0 Å². The number of hydrogen-bond donors (Lipinski definition) is 0. The van der Waals surface area contributed by atoms with Crippen LogP contribution in [0.1, 0.15) is 5.56 Å². The minimum Gasteiger partial charge on any atom is -0.280 e. The van der Waals surface area contributed by atoms with Crippen LogP contribution in [0.4, 0.5) is 5.69 Å². The van der Waals surface area contributed by atoms with Gasteiger partial charge in [-0.15, -0.1) is 0 Å². The standard InChI is InChI=1S/C12H9ClN2/c13-15-8-2-3-9-5-6-11-10(12(9)15)4-1-7-14-11/h1-7H,8H2. The number of anilines is 1. The van der Waals surface area contributed by atoms with Crippen molar-refractivity contribution in [3.8, 4) is 0 Å². The van der Waals surface area contributed by atoms with E-state index in [0.29, 0.717) is 0 Å². The van der Waals surface area contributed by atoms with Gasteiger partial charge in [0, 0.05) is 23.4 Å². The Labute approximate surface area is 92.9 Å². The maximum atomic E-state index is 6.18. The maximum Gasteiger partial charge on any atom is 0.0723 e. The molecule has 2 heterocycles. The van der Waals surface area contributed by atoms with Crippen molar-refractivity contribution in [2.75, 3.05) is 11.0 Å². The Balaban J connectivity index is 2.41. The Morgan fingerprint density at radius 3 is 3.13 bits per heavy atom. The second-order valence-corrected chi connectivity index (χ2v) is 3.93. The fourth-order valence-electron chi connectivity index (χ4n) is 1.92. The van der Waals surface area contributed by atoms with Gasteiger partial charge in [0.1, 0.15) is 0 Å². The van der Waals surface area contributed by atoms with Gasteiger partial charge in [-0.05, 0) is 23.8 Å². The highest BCUT2D eigenvalue weighted by molar-refractivity contribution is 6.28. The van der Waals surface area contributed by atoms with Crippen LogP contribution >= 0.6 is 11.8 Å². The lowest BCUT2D eigenvalue weighted by molar-refractivity contribution is 1.19. The Bertz CT molecular complexity index is 548. The lowest BCUT2D eigenvalue weighted by Crippen LogP contribution is -2.14.